The summed E-state index contributed by atoms with van der Waals surface area (Å²) in [5.74, 6) is -5.90. The van der Waals surface area contributed by atoms with E-state index < -0.39 is 41.2 Å². The Kier molecular flexibility index (Phi) is 5.57. The van der Waals surface area contributed by atoms with Gasteiger partial charge in [-0.2, -0.15) is 0 Å². The number of carboxylic acid groups (broad SMARTS) is 1. The lowest BCUT2D eigenvalue weighted by atomic mass is 10.0. The molecule has 0 aromatic heterocycles. The fraction of sp³-hybridized carbons (Fsp3) is 0.385. The number of aliphatic carboxylic acids is 1. The minimum absolute atomic E-state index is 0.00593. The predicted molar refractivity (Wildman–Crippen MR) is 69.3 cm³/mol. The Morgan fingerprint density at radius 3 is 2.33 bits per heavy atom. The molecule has 0 fully saturated rings. The minimum atomic E-state index is -1.72. The van der Waals surface area contributed by atoms with Crippen molar-refractivity contribution in [2.24, 2.45) is 5.92 Å². The molecule has 0 aliphatic carbocycles. The second-order valence-corrected chi connectivity index (χ2v) is 4.84. The third-order valence-corrected chi connectivity index (χ3v) is 2.59. The molecule has 0 aliphatic heterocycles. The second kappa shape index (κ2) is 6.96. The minimum Gasteiger partial charge on any atom is -0.480 e. The van der Waals surface area contributed by atoms with E-state index in [1.54, 1.807) is 13.8 Å². The monoisotopic (exact) mass is 304 g/mol. The van der Waals surface area contributed by atoms with Gasteiger partial charge in [0.25, 0.3) is 0 Å². The Hall–Kier alpha value is -2.25. The van der Waals surface area contributed by atoms with E-state index in [2.05, 4.69) is 5.32 Å². The van der Waals surface area contributed by atoms with Crippen LogP contribution >= 0.6 is 0 Å². The number of carbonyl (C=O) groups excluding carboxylic acids is 1. The lowest BCUT2D eigenvalue weighted by molar-refractivity contribution is -0.139. The highest BCUT2D eigenvalue weighted by Gasteiger charge is 2.22. The van der Waals surface area contributed by atoms with E-state index in [1.165, 1.54) is 0 Å². The summed E-state index contributed by atoms with van der Waals surface area (Å²) in [6, 6.07) is -0.700. The van der Waals surface area contributed by atoms with Crippen LogP contribution in [0.15, 0.2) is 12.1 Å². The topological polar surface area (TPSA) is 78.4 Å². The van der Waals surface area contributed by atoms with E-state index in [9.17, 15) is 22.8 Å². The van der Waals surface area contributed by atoms with E-state index in [-0.39, 0.29) is 12.3 Å². The molecular formula is C13H15F3N2O3. The summed E-state index contributed by atoms with van der Waals surface area (Å²) in [7, 11) is 0. The van der Waals surface area contributed by atoms with Crippen molar-refractivity contribution in [3.05, 3.63) is 29.6 Å². The van der Waals surface area contributed by atoms with Crippen LogP contribution in [0.2, 0.25) is 0 Å². The third kappa shape index (κ3) is 4.66. The molecule has 1 aromatic rings. The van der Waals surface area contributed by atoms with Crippen LogP contribution in [0.4, 0.5) is 23.7 Å². The number of hydrogen-bond acceptors (Lipinski definition) is 2. The van der Waals surface area contributed by atoms with Crippen molar-refractivity contribution in [1.29, 1.82) is 0 Å². The summed E-state index contributed by atoms with van der Waals surface area (Å²) >= 11 is 0. The van der Waals surface area contributed by atoms with Gasteiger partial charge in [0.2, 0.25) is 0 Å². The molecule has 1 aromatic carbocycles. The summed E-state index contributed by atoms with van der Waals surface area (Å²) in [5, 5.41) is 13.0. The van der Waals surface area contributed by atoms with Gasteiger partial charge in [-0.15, -0.1) is 0 Å². The van der Waals surface area contributed by atoms with Crippen molar-refractivity contribution in [3.63, 3.8) is 0 Å². The Bertz CT molecular complexity index is 550. The molecule has 2 amide bonds. The van der Waals surface area contributed by atoms with Gasteiger partial charge in [0, 0.05) is 0 Å². The fourth-order valence-corrected chi connectivity index (χ4v) is 1.63. The quantitative estimate of drug-likeness (QED) is 0.732. The molecule has 8 heteroatoms. The first-order chi connectivity index (χ1) is 9.72. The smallest absolute Gasteiger partial charge is 0.326 e. The lowest BCUT2D eigenvalue weighted by Crippen LogP contribution is -2.43. The number of rotatable bonds is 5. The molecule has 1 unspecified atom stereocenters. The highest BCUT2D eigenvalue weighted by molar-refractivity contribution is 5.92. The molecule has 1 rings (SSSR count). The number of carboxylic acids is 1. The average Bonchev–Trinajstić information content (AvgIpc) is 2.38. The second-order valence-electron chi connectivity index (χ2n) is 4.84. The van der Waals surface area contributed by atoms with E-state index in [0.29, 0.717) is 6.07 Å². The van der Waals surface area contributed by atoms with Gasteiger partial charge < -0.3 is 15.7 Å². The number of nitrogens with one attached hydrogen (secondary N) is 2. The van der Waals surface area contributed by atoms with Gasteiger partial charge in [-0.05, 0) is 24.5 Å². The Balaban J connectivity index is 2.77. The molecule has 0 aliphatic rings. The standard InChI is InChI=1S/C13H15F3N2O3/c1-6(2)5-9(12(19)20)18-13(21)17-8-4-3-7(14)10(15)11(8)16/h3-4,6,9H,5H2,1-2H3,(H,19,20)(H2,17,18,21). The van der Waals surface area contributed by atoms with E-state index >= 15 is 0 Å². The molecule has 0 radical (unpaired) electrons. The van der Waals surface area contributed by atoms with Crippen LogP contribution in [0, 0.1) is 23.4 Å². The Labute approximate surface area is 119 Å². The van der Waals surface area contributed by atoms with E-state index in [4.69, 9.17) is 5.11 Å². The van der Waals surface area contributed by atoms with E-state index in [0.717, 1.165) is 6.07 Å². The van der Waals surface area contributed by atoms with Gasteiger partial charge >= 0.3 is 12.0 Å². The average molecular weight is 304 g/mol. The van der Waals surface area contributed by atoms with Crippen molar-refractivity contribution in [2.75, 3.05) is 5.32 Å². The van der Waals surface area contributed by atoms with E-state index in [1.807, 2.05) is 5.32 Å². The van der Waals surface area contributed by atoms with Gasteiger partial charge in [-0.25, -0.2) is 22.8 Å². The first kappa shape index (κ1) is 16.8. The van der Waals surface area contributed by atoms with Gasteiger partial charge in [-0.1, -0.05) is 13.8 Å². The van der Waals surface area contributed by atoms with Crippen LogP contribution in [0.3, 0.4) is 0 Å². The molecule has 5 nitrogen and oxygen atoms in total. The zero-order chi connectivity index (χ0) is 16.2. The number of anilines is 1. The Morgan fingerprint density at radius 2 is 1.81 bits per heavy atom. The highest BCUT2D eigenvalue weighted by atomic mass is 19.2. The fourth-order valence-electron chi connectivity index (χ4n) is 1.63. The highest BCUT2D eigenvalue weighted by Crippen LogP contribution is 2.19. The van der Waals surface area contributed by atoms with Crippen LogP contribution in [0.1, 0.15) is 20.3 Å². The number of urea groups is 1. The lowest BCUT2D eigenvalue weighted by Gasteiger charge is -2.17. The molecule has 116 valence electrons. The number of halogens is 3. The molecule has 0 spiro atoms. The molecule has 0 heterocycles. The number of carbonyl (C=O) groups is 2. The van der Waals surface area contributed by atoms with Crippen molar-refractivity contribution in [3.8, 4) is 0 Å². The summed E-state index contributed by atoms with van der Waals surface area (Å²) in [6.45, 7) is 3.54. The number of benzene rings is 1. The van der Waals surface area contributed by atoms with Crippen molar-refractivity contribution < 1.29 is 27.9 Å². The zero-order valence-electron chi connectivity index (χ0n) is 11.4. The van der Waals surface area contributed by atoms with Crippen molar-refractivity contribution in [1.82, 2.24) is 5.32 Å². The molecule has 3 N–H and O–H groups in total. The normalized spacial score (nSPS) is 12.1. The van der Waals surface area contributed by atoms with Crippen LogP contribution in [0.5, 0.6) is 0 Å². The van der Waals surface area contributed by atoms with Gasteiger partial charge in [0.05, 0.1) is 5.69 Å². The molecule has 0 bridgehead atoms. The molecule has 0 saturated carbocycles. The maximum absolute atomic E-state index is 13.4. The largest absolute Gasteiger partial charge is 0.480 e. The first-order valence-electron chi connectivity index (χ1n) is 6.16. The van der Waals surface area contributed by atoms with Crippen LogP contribution in [0.25, 0.3) is 0 Å². The number of amides is 2. The molecule has 21 heavy (non-hydrogen) atoms. The molecular weight excluding hydrogens is 289 g/mol. The summed E-state index contributed by atoms with van der Waals surface area (Å²) in [4.78, 5) is 22.6. The van der Waals surface area contributed by atoms with Crippen molar-refractivity contribution >= 4 is 17.7 Å². The summed E-state index contributed by atoms with van der Waals surface area (Å²) in [6.07, 6.45) is 0.170. The van der Waals surface area contributed by atoms with Crippen LogP contribution in [-0.2, 0) is 4.79 Å². The van der Waals surface area contributed by atoms with Gasteiger partial charge in [-0.3, -0.25) is 0 Å². The third-order valence-electron chi connectivity index (χ3n) is 2.59. The maximum atomic E-state index is 13.4. The SMILES string of the molecule is CC(C)CC(NC(=O)Nc1ccc(F)c(F)c1F)C(=O)O. The van der Waals surface area contributed by atoms with Gasteiger partial charge in [0.15, 0.2) is 17.5 Å². The molecule has 1 atom stereocenters. The summed E-state index contributed by atoms with van der Waals surface area (Å²) < 4.78 is 39.1. The first-order valence-corrected chi connectivity index (χ1v) is 6.16. The predicted octanol–water partition coefficient (Wildman–Crippen LogP) is 2.72. The van der Waals surface area contributed by atoms with Crippen LogP contribution < -0.4 is 10.6 Å². The molecule has 0 saturated heterocycles. The number of hydrogen-bond donors (Lipinski definition) is 3. The maximum Gasteiger partial charge on any atom is 0.326 e. The van der Waals surface area contributed by atoms with Crippen molar-refractivity contribution in [2.45, 2.75) is 26.3 Å². The zero-order valence-corrected chi connectivity index (χ0v) is 11.4. The summed E-state index contributed by atoms with van der Waals surface area (Å²) in [5.41, 5.74) is -0.583. The van der Waals surface area contributed by atoms with Gasteiger partial charge in [0.1, 0.15) is 6.04 Å². The Morgan fingerprint density at radius 1 is 1.19 bits per heavy atom. The van der Waals surface area contributed by atoms with Crippen LogP contribution in [-0.4, -0.2) is 23.1 Å².